The second-order valence-corrected chi connectivity index (χ2v) is 6.49. The van der Waals surface area contributed by atoms with Crippen LogP contribution >= 0.6 is 0 Å². The third kappa shape index (κ3) is 3.76. The molecule has 0 spiro atoms. The number of anilines is 2. The van der Waals surface area contributed by atoms with Crippen molar-refractivity contribution in [3.63, 3.8) is 0 Å². The molecule has 0 unspecified atom stereocenters. The van der Waals surface area contributed by atoms with Gasteiger partial charge >= 0.3 is 6.09 Å². The minimum atomic E-state index is -0.969. The molecule has 0 radical (unpaired) electrons. The van der Waals surface area contributed by atoms with Crippen LogP contribution in [0.15, 0.2) is 36.5 Å². The lowest BCUT2D eigenvalue weighted by atomic mass is 10.0. The maximum Gasteiger partial charge on any atom is 0.404 e. The van der Waals surface area contributed by atoms with E-state index in [1.54, 1.807) is 0 Å². The molecule has 24 heavy (non-hydrogen) atoms. The summed E-state index contributed by atoms with van der Waals surface area (Å²) in [5.41, 5.74) is 10.6. The van der Waals surface area contributed by atoms with Crippen molar-refractivity contribution < 1.29 is 9.90 Å². The highest BCUT2D eigenvalue weighted by Crippen LogP contribution is 2.45. The van der Waals surface area contributed by atoms with Gasteiger partial charge in [-0.15, -0.1) is 0 Å². The van der Waals surface area contributed by atoms with Crippen molar-refractivity contribution in [3.05, 3.63) is 42.2 Å². The smallest absolute Gasteiger partial charge is 0.404 e. The summed E-state index contributed by atoms with van der Waals surface area (Å²) in [6, 6.07) is 9.82. The Kier molecular flexibility index (Phi) is 4.29. The molecule has 1 aliphatic rings. The van der Waals surface area contributed by atoms with Gasteiger partial charge < -0.3 is 21.5 Å². The summed E-state index contributed by atoms with van der Waals surface area (Å²) in [6.45, 7) is 3.20. The summed E-state index contributed by atoms with van der Waals surface area (Å²) in [6.07, 6.45) is 2.91. The molecule has 6 heteroatoms. The van der Waals surface area contributed by atoms with E-state index in [9.17, 15) is 4.79 Å². The number of carboxylic acid groups (broad SMARTS) is 1. The fourth-order valence-electron chi connectivity index (χ4n) is 2.73. The van der Waals surface area contributed by atoms with Gasteiger partial charge in [-0.05, 0) is 43.5 Å². The number of carbonyl (C=O) groups is 1. The molecule has 1 amide bonds. The molecule has 1 saturated carbocycles. The fourth-order valence-corrected chi connectivity index (χ4v) is 2.73. The average Bonchev–Trinajstić information content (AvgIpc) is 3.34. The average molecular weight is 326 g/mol. The normalized spacial score (nSPS) is 14.9. The zero-order valence-electron chi connectivity index (χ0n) is 13.7. The zero-order chi connectivity index (χ0) is 17.2. The molecule has 1 aliphatic carbocycles. The van der Waals surface area contributed by atoms with Crippen LogP contribution < -0.4 is 16.4 Å². The Morgan fingerprint density at radius 2 is 2.00 bits per heavy atom. The van der Waals surface area contributed by atoms with E-state index < -0.39 is 6.09 Å². The van der Waals surface area contributed by atoms with Crippen molar-refractivity contribution in [1.29, 1.82) is 0 Å². The first-order valence-corrected chi connectivity index (χ1v) is 8.01. The molecule has 0 saturated heterocycles. The summed E-state index contributed by atoms with van der Waals surface area (Å²) >= 11 is 0. The van der Waals surface area contributed by atoms with E-state index in [4.69, 9.17) is 10.8 Å². The molecule has 1 aromatic carbocycles. The van der Waals surface area contributed by atoms with Crippen LogP contribution in [0.25, 0.3) is 11.1 Å². The second kappa shape index (κ2) is 6.39. The second-order valence-electron chi connectivity index (χ2n) is 6.49. The quantitative estimate of drug-likeness (QED) is 0.611. The number of aryl methyl sites for hydroxylation is 1. The summed E-state index contributed by atoms with van der Waals surface area (Å²) in [5, 5.41) is 14.6. The Bertz CT molecular complexity index is 739. The molecule has 6 nitrogen and oxygen atoms in total. The van der Waals surface area contributed by atoms with E-state index in [2.05, 4.69) is 21.7 Å². The molecular weight excluding hydrogens is 304 g/mol. The van der Waals surface area contributed by atoms with E-state index >= 15 is 0 Å². The monoisotopic (exact) mass is 326 g/mol. The minimum Gasteiger partial charge on any atom is -0.465 e. The van der Waals surface area contributed by atoms with Crippen LogP contribution in [0.3, 0.4) is 0 Å². The number of rotatable bonds is 6. The summed E-state index contributed by atoms with van der Waals surface area (Å²) in [5.74, 6) is 0. The molecular formula is C18H22N4O2. The molecule has 1 fully saturated rings. The lowest BCUT2D eigenvalue weighted by Crippen LogP contribution is -2.32. The first-order valence-electron chi connectivity index (χ1n) is 8.01. The van der Waals surface area contributed by atoms with Crippen LogP contribution in [0, 0.1) is 12.3 Å². The van der Waals surface area contributed by atoms with Crippen LogP contribution in [-0.2, 0) is 0 Å². The van der Waals surface area contributed by atoms with E-state index in [-0.39, 0.29) is 5.41 Å². The zero-order valence-corrected chi connectivity index (χ0v) is 13.7. The number of hydrogen-bond acceptors (Lipinski definition) is 4. The predicted molar refractivity (Wildman–Crippen MR) is 95.0 cm³/mol. The van der Waals surface area contributed by atoms with Crippen molar-refractivity contribution >= 4 is 17.5 Å². The maximum absolute atomic E-state index is 10.7. The van der Waals surface area contributed by atoms with E-state index in [0.29, 0.717) is 6.54 Å². The van der Waals surface area contributed by atoms with Gasteiger partial charge in [0.15, 0.2) is 0 Å². The molecule has 0 aliphatic heterocycles. The molecule has 126 valence electrons. The molecule has 2 aromatic rings. The van der Waals surface area contributed by atoms with Crippen LogP contribution in [0.2, 0.25) is 0 Å². The van der Waals surface area contributed by atoms with Gasteiger partial charge in [0, 0.05) is 35.4 Å². The minimum absolute atomic E-state index is 0.0324. The Labute approximate surface area is 141 Å². The van der Waals surface area contributed by atoms with Crippen LogP contribution in [-0.4, -0.2) is 29.3 Å². The first kappa shape index (κ1) is 16.1. The third-order valence-corrected chi connectivity index (χ3v) is 4.55. The van der Waals surface area contributed by atoms with Crippen LogP contribution in [0.1, 0.15) is 18.5 Å². The van der Waals surface area contributed by atoms with Crippen molar-refractivity contribution in [3.8, 4) is 11.1 Å². The fraction of sp³-hybridized carbons (Fsp3) is 0.333. The Hall–Kier alpha value is -2.76. The van der Waals surface area contributed by atoms with Gasteiger partial charge in [0.2, 0.25) is 0 Å². The highest BCUT2D eigenvalue weighted by atomic mass is 16.4. The van der Waals surface area contributed by atoms with Crippen molar-refractivity contribution in [2.24, 2.45) is 5.41 Å². The van der Waals surface area contributed by atoms with E-state index in [1.165, 1.54) is 0 Å². The molecule has 3 rings (SSSR count). The molecule has 1 heterocycles. The van der Waals surface area contributed by atoms with Crippen LogP contribution in [0.5, 0.6) is 0 Å². The third-order valence-electron chi connectivity index (χ3n) is 4.55. The lowest BCUT2D eigenvalue weighted by molar-refractivity contribution is 0.192. The van der Waals surface area contributed by atoms with Crippen LogP contribution in [0.4, 0.5) is 16.2 Å². The van der Waals surface area contributed by atoms with Crippen molar-refractivity contribution in [2.45, 2.75) is 19.8 Å². The van der Waals surface area contributed by atoms with Gasteiger partial charge in [0.05, 0.1) is 11.9 Å². The number of nitrogens with zero attached hydrogens (tertiary/aromatic N) is 1. The number of nitrogen functional groups attached to an aromatic ring is 1. The Balaban J connectivity index is 1.70. The highest BCUT2D eigenvalue weighted by molar-refractivity contribution is 5.71. The maximum atomic E-state index is 10.7. The standard InChI is InChI=1S/C18H22N4O2/c1-12-16(13-2-4-14(19)5-3-13)8-15(9-20-12)21-10-18(6-7-18)11-22-17(23)24/h2-5,8-9,21-22H,6-7,10-11,19H2,1H3,(H,23,24). The summed E-state index contributed by atoms with van der Waals surface area (Å²) < 4.78 is 0. The SMILES string of the molecule is Cc1ncc(NCC2(CNC(=O)O)CC2)cc1-c1ccc(N)cc1. The molecule has 1 aromatic heterocycles. The number of nitrogens with one attached hydrogen (secondary N) is 2. The van der Waals surface area contributed by atoms with Gasteiger partial charge in [0.1, 0.15) is 0 Å². The Morgan fingerprint density at radius 1 is 1.29 bits per heavy atom. The van der Waals surface area contributed by atoms with Gasteiger partial charge in [0.25, 0.3) is 0 Å². The largest absolute Gasteiger partial charge is 0.465 e. The topological polar surface area (TPSA) is 100 Å². The highest BCUT2D eigenvalue weighted by Gasteiger charge is 2.42. The van der Waals surface area contributed by atoms with Gasteiger partial charge in [-0.2, -0.15) is 0 Å². The summed E-state index contributed by atoms with van der Waals surface area (Å²) in [4.78, 5) is 15.1. The van der Waals surface area contributed by atoms with Crippen molar-refractivity contribution in [2.75, 3.05) is 24.1 Å². The van der Waals surface area contributed by atoms with E-state index in [0.717, 1.165) is 47.6 Å². The number of amides is 1. The number of nitrogens with two attached hydrogens (primary N) is 1. The Morgan fingerprint density at radius 3 is 2.62 bits per heavy atom. The molecule has 5 N–H and O–H groups in total. The lowest BCUT2D eigenvalue weighted by Gasteiger charge is -2.17. The molecule has 0 bridgehead atoms. The van der Waals surface area contributed by atoms with Gasteiger partial charge in [-0.3, -0.25) is 4.98 Å². The van der Waals surface area contributed by atoms with Gasteiger partial charge in [-0.1, -0.05) is 12.1 Å². The number of benzene rings is 1. The first-order chi connectivity index (χ1) is 11.5. The number of pyridine rings is 1. The number of hydrogen-bond donors (Lipinski definition) is 4. The number of aromatic nitrogens is 1. The van der Waals surface area contributed by atoms with Crippen molar-refractivity contribution in [1.82, 2.24) is 10.3 Å². The predicted octanol–water partition coefficient (Wildman–Crippen LogP) is 3.10. The summed E-state index contributed by atoms with van der Waals surface area (Å²) in [7, 11) is 0. The molecule has 0 atom stereocenters. The van der Waals surface area contributed by atoms with Gasteiger partial charge in [-0.25, -0.2) is 4.79 Å². The van der Waals surface area contributed by atoms with E-state index in [1.807, 2.05) is 37.4 Å².